The first kappa shape index (κ1) is 9.63. The zero-order valence-corrected chi connectivity index (χ0v) is 8.78. The van der Waals surface area contributed by atoms with Crippen molar-refractivity contribution in [3.8, 4) is 0 Å². The van der Waals surface area contributed by atoms with Crippen LogP contribution in [0.2, 0.25) is 0 Å². The predicted octanol–water partition coefficient (Wildman–Crippen LogP) is 2.52. The number of alkyl halides is 2. The van der Waals surface area contributed by atoms with Crippen molar-refractivity contribution in [2.45, 2.75) is 31.6 Å². The molecule has 0 aromatic rings. The third-order valence-corrected chi connectivity index (χ3v) is 2.93. The Morgan fingerprint density at radius 2 is 2.09 bits per heavy atom. The van der Waals surface area contributed by atoms with Crippen LogP contribution in [0.15, 0.2) is 0 Å². The van der Waals surface area contributed by atoms with E-state index in [0.717, 1.165) is 13.1 Å². The second-order valence-electron chi connectivity index (χ2n) is 3.83. The summed E-state index contributed by atoms with van der Waals surface area (Å²) in [5.74, 6) is 0. The first-order chi connectivity index (χ1) is 4.99. The van der Waals surface area contributed by atoms with Crippen molar-refractivity contribution < 1.29 is 0 Å². The Morgan fingerprint density at radius 1 is 1.55 bits per heavy atom. The molecular formula is C8H15Cl2N. The maximum atomic E-state index is 5.86. The molecule has 1 rings (SSSR count). The highest BCUT2D eigenvalue weighted by molar-refractivity contribution is 6.44. The molecule has 0 radical (unpaired) electrons. The van der Waals surface area contributed by atoms with Crippen molar-refractivity contribution in [3.05, 3.63) is 0 Å². The van der Waals surface area contributed by atoms with Crippen molar-refractivity contribution in [1.29, 1.82) is 0 Å². The Balaban J connectivity index is 2.57. The molecule has 0 aromatic heterocycles. The first-order valence-corrected chi connectivity index (χ1v) is 4.88. The van der Waals surface area contributed by atoms with E-state index in [2.05, 4.69) is 25.7 Å². The van der Waals surface area contributed by atoms with Crippen LogP contribution in [0.1, 0.15) is 20.8 Å². The summed E-state index contributed by atoms with van der Waals surface area (Å²) in [5.41, 5.74) is 0.296. The minimum atomic E-state index is -0.251. The van der Waals surface area contributed by atoms with Crippen molar-refractivity contribution in [1.82, 2.24) is 4.90 Å². The van der Waals surface area contributed by atoms with Crippen LogP contribution in [0.3, 0.4) is 0 Å². The summed E-state index contributed by atoms with van der Waals surface area (Å²) in [5, 5.41) is 0. The summed E-state index contributed by atoms with van der Waals surface area (Å²) in [4.78, 5) is 2.06. The molecule has 1 aliphatic heterocycles. The van der Waals surface area contributed by atoms with Crippen LogP contribution in [0.5, 0.6) is 0 Å². The van der Waals surface area contributed by atoms with Crippen molar-refractivity contribution in [2.75, 3.05) is 13.1 Å². The molecule has 0 aromatic carbocycles. The van der Waals surface area contributed by atoms with Gasteiger partial charge in [0.15, 0.2) is 0 Å². The van der Waals surface area contributed by atoms with Gasteiger partial charge in [0, 0.05) is 12.6 Å². The molecule has 0 N–H and O–H groups in total. The molecule has 0 aliphatic carbocycles. The van der Waals surface area contributed by atoms with Crippen LogP contribution in [-0.2, 0) is 0 Å². The van der Waals surface area contributed by atoms with Crippen molar-refractivity contribution in [2.24, 2.45) is 5.41 Å². The number of nitrogens with zero attached hydrogens (tertiary/aromatic N) is 1. The molecule has 1 unspecified atom stereocenters. The lowest BCUT2D eigenvalue weighted by molar-refractivity contribution is -0.0371. The van der Waals surface area contributed by atoms with E-state index in [0.29, 0.717) is 11.5 Å². The van der Waals surface area contributed by atoms with E-state index in [1.807, 2.05) is 0 Å². The van der Waals surface area contributed by atoms with Crippen LogP contribution in [0.4, 0.5) is 0 Å². The number of rotatable bonds is 2. The smallest absolute Gasteiger partial charge is 0.123 e. The quantitative estimate of drug-likeness (QED) is 0.613. The van der Waals surface area contributed by atoms with E-state index in [1.54, 1.807) is 0 Å². The zero-order chi connectivity index (χ0) is 8.65. The topological polar surface area (TPSA) is 3.24 Å². The highest BCUT2D eigenvalue weighted by Gasteiger charge is 2.47. The highest BCUT2D eigenvalue weighted by Crippen LogP contribution is 2.41. The van der Waals surface area contributed by atoms with Crippen molar-refractivity contribution in [3.63, 3.8) is 0 Å². The minimum Gasteiger partial charge on any atom is -0.297 e. The maximum Gasteiger partial charge on any atom is 0.123 e. The fourth-order valence-corrected chi connectivity index (χ4v) is 2.91. The standard InChI is InChI=1S/C8H15Cl2N/c1-4-11-5-8(2,3)6(11)7(9)10/h6-7H,4-5H2,1-3H3. The van der Waals surface area contributed by atoms with Gasteiger partial charge in [-0.25, -0.2) is 0 Å². The first-order valence-electron chi connectivity index (χ1n) is 4.01. The SMILES string of the molecule is CCN1CC(C)(C)C1C(Cl)Cl. The van der Waals surface area contributed by atoms with Crippen molar-refractivity contribution >= 4 is 23.2 Å². The second kappa shape index (κ2) is 3.12. The van der Waals surface area contributed by atoms with Gasteiger partial charge in [-0.1, -0.05) is 20.8 Å². The van der Waals surface area contributed by atoms with Crippen LogP contribution >= 0.6 is 23.2 Å². The van der Waals surface area contributed by atoms with Crippen LogP contribution in [0.25, 0.3) is 0 Å². The van der Waals surface area contributed by atoms with Gasteiger partial charge in [0.25, 0.3) is 0 Å². The average Bonchev–Trinajstić information content (AvgIpc) is 1.81. The van der Waals surface area contributed by atoms with E-state index in [1.165, 1.54) is 0 Å². The summed E-state index contributed by atoms with van der Waals surface area (Å²) in [6.07, 6.45) is 0. The highest BCUT2D eigenvalue weighted by atomic mass is 35.5. The molecule has 1 heterocycles. The van der Waals surface area contributed by atoms with E-state index in [4.69, 9.17) is 23.2 Å². The van der Waals surface area contributed by atoms with Crippen LogP contribution in [-0.4, -0.2) is 28.9 Å². The van der Waals surface area contributed by atoms with Gasteiger partial charge >= 0.3 is 0 Å². The Morgan fingerprint density at radius 3 is 2.27 bits per heavy atom. The predicted molar refractivity (Wildman–Crippen MR) is 50.3 cm³/mol. The second-order valence-corrected chi connectivity index (χ2v) is 4.99. The van der Waals surface area contributed by atoms with Crippen LogP contribution < -0.4 is 0 Å². The molecule has 66 valence electrons. The third-order valence-electron chi connectivity index (χ3n) is 2.45. The fraction of sp³-hybridized carbons (Fsp3) is 1.00. The van der Waals surface area contributed by atoms with E-state index in [9.17, 15) is 0 Å². The normalized spacial score (nSPS) is 30.5. The monoisotopic (exact) mass is 195 g/mol. The van der Waals surface area contributed by atoms with E-state index in [-0.39, 0.29) is 4.84 Å². The van der Waals surface area contributed by atoms with Gasteiger partial charge in [-0.05, 0) is 12.0 Å². The van der Waals surface area contributed by atoms with Gasteiger partial charge in [0.05, 0.1) is 0 Å². The molecule has 3 heteroatoms. The molecule has 0 saturated carbocycles. The van der Waals surface area contributed by atoms with Gasteiger partial charge in [-0.3, -0.25) is 4.90 Å². The lowest BCUT2D eigenvalue weighted by atomic mass is 9.76. The lowest BCUT2D eigenvalue weighted by Crippen LogP contribution is -2.64. The van der Waals surface area contributed by atoms with Gasteiger partial charge in [0.2, 0.25) is 0 Å². The molecule has 0 amide bonds. The lowest BCUT2D eigenvalue weighted by Gasteiger charge is -2.54. The molecule has 0 bridgehead atoms. The fourth-order valence-electron chi connectivity index (χ4n) is 1.91. The van der Waals surface area contributed by atoms with Gasteiger partial charge in [-0.2, -0.15) is 0 Å². The summed E-state index contributed by atoms with van der Waals surface area (Å²) in [6.45, 7) is 8.72. The summed E-state index contributed by atoms with van der Waals surface area (Å²) in [7, 11) is 0. The number of halogens is 2. The van der Waals surface area contributed by atoms with Gasteiger partial charge in [-0.15, -0.1) is 23.2 Å². The summed E-state index contributed by atoms with van der Waals surface area (Å²) in [6, 6.07) is 0.343. The largest absolute Gasteiger partial charge is 0.297 e. The van der Waals surface area contributed by atoms with Gasteiger partial charge in [0.1, 0.15) is 4.84 Å². The molecule has 1 saturated heterocycles. The number of hydrogen-bond acceptors (Lipinski definition) is 1. The molecule has 1 nitrogen and oxygen atoms in total. The maximum absolute atomic E-state index is 5.86. The Bertz CT molecular complexity index is 145. The van der Waals surface area contributed by atoms with Gasteiger partial charge < -0.3 is 0 Å². The summed E-state index contributed by atoms with van der Waals surface area (Å²) >= 11 is 11.7. The molecular weight excluding hydrogens is 181 g/mol. The van der Waals surface area contributed by atoms with E-state index >= 15 is 0 Å². The number of hydrogen-bond donors (Lipinski definition) is 0. The zero-order valence-electron chi connectivity index (χ0n) is 7.27. The van der Waals surface area contributed by atoms with Crippen LogP contribution in [0, 0.1) is 5.41 Å². The minimum absolute atomic E-state index is 0.251. The molecule has 1 aliphatic rings. The molecule has 1 fully saturated rings. The molecule has 0 spiro atoms. The third kappa shape index (κ3) is 1.66. The Hall–Kier alpha value is 0.540. The average molecular weight is 196 g/mol. The number of likely N-dealkylation sites (tertiary alicyclic amines) is 1. The Labute approximate surface area is 78.7 Å². The Kier molecular flexibility index (Phi) is 2.73. The summed E-state index contributed by atoms with van der Waals surface area (Å²) < 4.78 is 0. The molecule has 11 heavy (non-hydrogen) atoms. The molecule has 1 atom stereocenters. The van der Waals surface area contributed by atoms with E-state index < -0.39 is 0 Å².